The maximum Gasteiger partial charge on any atom is 0.328 e. The van der Waals surface area contributed by atoms with E-state index in [1.807, 2.05) is 11.3 Å². The molecule has 52 heavy (non-hydrogen) atoms. The van der Waals surface area contributed by atoms with Crippen LogP contribution in [0.4, 0.5) is 28.4 Å². The maximum absolute atomic E-state index is 2.69. The first-order valence-electron chi connectivity index (χ1n) is 18.7. The molecule has 2 nitrogen and oxygen atoms in total. The predicted molar refractivity (Wildman–Crippen MR) is 229 cm³/mol. The summed E-state index contributed by atoms with van der Waals surface area (Å²) in [5.41, 5.74) is 15.5. The van der Waals surface area contributed by atoms with Gasteiger partial charge in [-0.3, -0.25) is 0 Å². The van der Waals surface area contributed by atoms with E-state index in [1.165, 1.54) is 87.4 Å². The van der Waals surface area contributed by atoms with Crippen molar-refractivity contribution in [2.45, 2.75) is 78.6 Å². The molecular formula is C48H47BN2S. The first kappa shape index (κ1) is 33.1. The van der Waals surface area contributed by atoms with E-state index >= 15 is 0 Å². The van der Waals surface area contributed by atoms with E-state index < -0.39 is 0 Å². The zero-order valence-corrected chi connectivity index (χ0v) is 32.7. The van der Waals surface area contributed by atoms with Crippen LogP contribution in [-0.2, 0) is 16.2 Å². The van der Waals surface area contributed by atoms with E-state index in [2.05, 4.69) is 193 Å². The molecule has 0 radical (unpaired) electrons. The molecule has 2 aliphatic heterocycles. The Morgan fingerprint density at radius 3 is 1.83 bits per heavy atom. The number of hydrogen-bond acceptors (Lipinski definition) is 3. The number of fused-ring (bicyclic) bond motifs is 7. The maximum atomic E-state index is 2.69. The molecular weight excluding hydrogens is 647 g/mol. The Morgan fingerprint density at radius 2 is 1.10 bits per heavy atom. The predicted octanol–water partition coefficient (Wildman–Crippen LogP) is 12.7. The van der Waals surface area contributed by atoms with Gasteiger partial charge in [-0.25, -0.2) is 0 Å². The Labute approximate surface area is 313 Å². The minimum atomic E-state index is -0.0445. The molecule has 0 saturated carbocycles. The molecule has 1 aromatic heterocycles. The van der Waals surface area contributed by atoms with Crippen molar-refractivity contribution in [1.82, 2.24) is 0 Å². The lowest BCUT2D eigenvalue weighted by Crippen LogP contribution is -2.58. The molecule has 0 atom stereocenters. The van der Waals surface area contributed by atoms with Gasteiger partial charge in [0.1, 0.15) is 0 Å². The highest BCUT2D eigenvalue weighted by Gasteiger charge is 2.44. The molecule has 6 aromatic carbocycles. The van der Waals surface area contributed by atoms with Gasteiger partial charge in [0.15, 0.2) is 0 Å². The monoisotopic (exact) mass is 694 g/mol. The molecule has 0 N–H and O–H groups in total. The zero-order valence-electron chi connectivity index (χ0n) is 31.9. The van der Waals surface area contributed by atoms with E-state index in [9.17, 15) is 0 Å². The number of benzene rings is 6. The third-order valence-corrected chi connectivity index (χ3v) is 12.4. The van der Waals surface area contributed by atoms with Crippen molar-refractivity contribution in [3.63, 3.8) is 0 Å². The second-order valence-corrected chi connectivity index (χ2v) is 19.0. The van der Waals surface area contributed by atoms with E-state index in [-0.39, 0.29) is 23.1 Å². The second kappa shape index (κ2) is 11.4. The highest BCUT2D eigenvalue weighted by molar-refractivity contribution is 7.26. The molecule has 3 heterocycles. The lowest BCUT2D eigenvalue weighted by Gasteiger charge is -2.48. The Morgan fingerprint density at radius 1 is 0.481 bits per heavy atom. The summed E-state index contributed by atoms with van der Waals surface area (Å²) in [7, 11) is 0. The summed E-state index contributed by atoms with van der Waals surface area (Å²) in [4.78, 5) is 5.23. The molecule has 4 heteroatoms. The molecule has 7 aromatic rings. The van der Waals surface area contributed by atoms with Gasteiger partial charge in [0.25, 0.3) is 0 Å². The number of nitrogens with zero attached hydrogens (tertiary/aromatic N) is 2. The quantitative estimate of drug-likeness (QED) is 0.166. The lowest BCUT2D eigenvalue weighted by molar-refractivity contribution is 0.589. The normalized spacial score (nSPS) is 14.1. The number of hydrogen-bond donors (Lipinski definition) is 0. The summed E-state index contributed by atoms with van der Waals surface area (Å²) in [5, 5.41) is 2.68. The topological polar surface area (TPSA) is 6.48 Å². The molecule has 0 fully saturated rings. The fourth-order valence-electron chi connectivity index (χ4n) is 8.30. The van der Waals surface area contributed by atoms with Crippen molar-refractivity contribution in [1.29, 1.82) is 0 Å². The number of rotatable bonds is 2. The van der Waals surface area contributed by atoms with Crippen LogP contribution < -0.4 is 20.6 Å². The van der Waals surface area contributed by atoms with Gasteiger partial charge in [0, 0.05) is 31.4 Å². The van der Waals surface area contributed by atoms with Gasteiger partial charge in [0.2, 0.25) is 0 Å². The van der Waals surface area contributed by atoms with E-state index in [0.29, 0.717) is 0 Å². The van der Waals surface area contributed by atoms with Crippen LogP contribution in [0.1, 0.15) is 79.0 Å². The fraction of sp³-hybridized carbons (Fsp3) is 0.250. The zero-order chi connectivity index (χ0) is 36.3. The average molecular weight is 695 g/mol. The van der Waals surface area contributed by atoms with E-state index in [4.69, 9.17) is 0 Å². The molecule has 0 amide bonds. The van der Waals surface area contributed by atoms with Crippen LogP contribution in [0.25, 0.3) is 31.3 Å². The van der Waals surface area contributed by atoms with E-state index in [0.717, 1.165) is 0 Å². The van der Waals surface area contributed by atoms with Gasteiger partial charge in [-0.2, -0.15) is 0 Å². The number of anilines is 5. The van der Waals surface area contributed by atoms with Crippen LogP contribution in [-0.4, -0.2) is 6.85 Å². The van der Waals surface area contributed by atoms with Crippen LogP contribution in [0.2, 0.25) is 0 Å². The highest BCUT2D eigenvalue weighted by atomic mass is 32.1. The van der Waals surface area contributed by atoms with Crippen LogP contribution >= 0.6 is 11.3 Å². The first-order chi connectivity index (χ1) is 24.7. The van der Waals surface area contributed by atoms with Gasteiger partial charge in [-0.15, -0.1) is 11.3 Å². The molecule has 258 valence electrons. The highest BCUT2D eigenvalue weighted by Crippen LogP contribution is 2.58. The summed E-state index contributed by atoms with van der Waals surface area (Å²) in [6.07, 6.45) is 0. The minimum Gasteiger partial charge on any atom is -0.373 e. The summed E-state index contributed by atoms with van der Waals surface area (Å²) in [5.74, 6) is 0. The first-order valence-corrected chi connectivity index (χ1v) is 19.5. The summed E-state index contributed by atoms with van der Waals surface area (Å²) < 4.78 is 2.68. The van der Waals surface area contributed by atoms with Crippen molar-refractivity contribution in [3.05, 3.63) is 138 Å². The number of para-hydroxylation sites is 1. The third-order valence-electron chi connectivity index (χ3n) is 11.3. The minimum absolute atomic E-state index is 0.000444. The molecule has 0 unspecified atom stereocenters. The Kier molecular flexibility index (Phi) is 7.22. The molecule has 2 aliphatic rings. The molecule has 0 saturated heterocycles. The van der Waals surface area contributed by atoms with Crippen molar-refractivity contribution in [2.75, 3.05) is 9.71 Å². The summed E-state index contributed by atoms with van der Waals surface area (Å²) in [6, 6.07) is 46.6. The van der Waals surface area contributed by atoms with Gasteiger partial charge < -0.3 is 9.71 Å². The van der Waals surface area contributed by atoms with Crippen LogP contribution in [0.3, 0.4) is 0 Å². The lowest BCUT2D eigenvalue weighted by atomic mass is 9.45. The Bertz CT molecular complexity index is 2540. The molecule has 0 spiro atoms. The second-order valence-electron chi connectivity index (χ2n) is 17.9. The van der Waals surface area contributed by atoms with Gasteiger partial charge in [-0.05, 0) is 98.0 Å². The molecule has 0 aliphatic carbocycles. The Balaban J connectivity index is 1.41. The van der Waals surface area contributed by atoms with Gasteiger partial charge >= 0.3 is 6.85 Å². The SMILES string of the molecule is CC(C)(C)c1ccc2c(c1)-c1cc(C(C)(C)C)cc3c1N(B2c1ccc2c(c1)sc1ccccc12)c1ccc(C(C)(C)C)cc1N3c1ccccc1. The third kappa shape index (κ3) is 5.13. The van der Waals surface area contributed by atoms with Gasteiger partial charge in [0.05, 0.1) is 22.7 Å². The van der Waals surface area contributed by atoms with Crippen molar-refractivity contribution in [3.8, 4) is 11.1 Å². The fourth-order valence-corrected chi connectivity index (χ4v) is 9.46. The van der Waals surface area contributed by atoms with Crippen molar-refractivity contribution < 1.29 is 0 Å². The largest absolute Gasteiger partial charge is 0.373 e. The van der Waals surface area contributed by atoms with E-state index in [1.54, 1.807) is 0 Å². The Hall–Kier alpha value is -4.80. The number of thiophene rings is 1. The average Bonchev–Trinajstić information content (AvgIpc) is 3.48. The molecule has 9 rings (SSSR count). The smallest absolute Gasteiger partial charge is 0.328 e. The molecule has 0 bridgehead atoms. The van der Waals surface area contributed by atoms with Crippen LogP contribution in [0, 0.1) is 0 Å². The van der Waals surface area contributed by atoms with Crippen molar-refractivity contribution >= 4 is 77.7 Å². The van der Waals surface area contributed by atoms with Crippen LogP contribution in [0.15, 0.2) is 121 Å². The van der Waals surface area contributed by atoms with Crippen LogP contribution in [0.5, 0.6) is 0 Å². The summed E-state index contributed by atoms with van der Waals surface area (Å²) in [6.45, 7) is 21.0. The van der Waals surface area contributed by atoms with Crippen molar-refractivity contribution in [2.24, 2.45) is 0 Å². The van der Waals surface area contributed by atoms with Gasteiger partial charge in [-0.1, -0.05) is 135 Å². The standard InChI is InChI=1S/C48H47BN2S/c1-46(2,3)30-19-23-39-37(25-30)38-26-32(48(7,8)9)28-42-45(38)51(49(39)33-21-22-36-35-17-13-14-18-43(35)52-44(36)29-33)40-24-20-31(47(4,5)6)27-41(40)50(42)34-15-11-10-12-16-34/h10-29H,1-9H3. The summed E-state index contributed by atoms with van der Waals surface area (Å²) >= 11 is 1.90.